The number of carbonyl (C=O) groups is 2. The Labute approximate surface area is 101 Å². The lowest BCUT2D eigenvalue weighted by Crippen LogP contribution is -2.25. The maximum Gasteiger partial charge on any atom is 0.229 e. The molecule has 1 atom stereocenters. The van der Waals surface area contributed by atoms with E-state index in [1.807, 2.05) is 6.92 Å². The summed E-state index contributed by atoms with van der Waals surface area (Å²) in [5.41, 5.74) is 1.13. The van der Waals surface area contributed by atoms with Crippen molar-refractivity contribution in [3.8, 4) is 0 Å². The smallest absolute Gasteiger partial charge is 0.229 e. The Morgan fingerprint density at radius 1 is 1.41 bits per heavy atom. The maximum absolute atomic E-state index is 11.7. The van der Waals surface area contributed by atoms with E-state index >= 15 is 0 Å². The molecule has 1 unspecified atom stereocenters. The fourth-order valence-corrected chi connectivity index (χ4v) is 1.46. The van der Waals surface area contributed by atoms with E-state index in [1.165, 1.54) is 6.92 Å². The third kappa shape index (κ3) is 3.67. The van der Waals surface area contributed by atoms with E-state index in [4.69, 9.17) is 5.11 Å². The number of benzene rings is 1. The van der Waals surface area contributed by atoms with Gasteiger partial charge in [-0.05, 0) is 25.5 Å². The zero-order valence-electron chi connectivity index (χ0n) is 10.1. The molecule has 0 saturated heterocycles. The van der Waals surface area contributed by atoms with Gasteiger partial charge in [-0.3, -0.25) is 9.59 Å². The van der Waals surface area contributed by atoms with Gasteiger partial charge >= 0.3 is 0 Å². The van der Waals surface area contributed by atoms with Gasteiger partial charge in [0.25, 0.3) is 0 Å². The Balaban J connectivity index is 2.78. The average Bonchev–Trinajstić information content (AvgIpc) is 2.30. The van der Waals surface area contributed by atoms with Crippen LogP contribution in [0.15, 0.2) is 24.3 Å². The minimum Gasteiger partial charge on any atom is -0.396 e. The van der Waals surface area contributed by atoms with Gasteiger partial charge < -0.3 is 10.4 Å². The zero-order chi connectivity index (χ0) is 12.8. The number of hydrogen-bond acceptors (Lipinski definition) is 3. The molecule has 0 radical (unpaired) electrons. The van der Waals surface area contributed by atoms with Gasteiger partial charge in [-0.25, -0.2) is 0 Å². The topological polar surface area (TPSA) is 66.4 Å². The van der Waals surface area contributed by atoms with Gasteiger partial charge in [0.2, 0.25) is 5.91 Å². The molecule has 0 aliphatic rings. The molecule has 0 spiro atoms. The predicted molar refractivity (Wildman–Crippen MR) is 65.9 cm³/mol. The molecule has 1 aromatic carbocycles. The van der Waals surface area contributed by atoms with Crippen LogP contribution in [0, 0.1) is 5.92 Å². The number of aliphatic hydroxyl groups excluding tert-OH is 1. The van der Waals surface area contributed by atoms with E-state index < -0.39 is 5.92 Å². The first-order valence-electron chi connectivity index (χ1n) is 5.61. The summed E-state index contributed by atoms with van der Waals surface area (Å²) in [5.74, 6) is -0.679. The van der Waals surface area contributed by atoms with E-state index in [0.29, 0.717) is 17.7 Å². The highest BCUT2D eigenvalue weighted by atomic mass is 16.3. The SMILES string of the molecule is CCC(CO)C(=O)Nc1cccc(C(C)=O)c1. The lowest BCUT2D eigenvalue weighted by atomic mass is 10.1. The van der Waals surface area contributed by atoms with Crippen LogP contribution < -0.4 is 5.32 Å². The number of aliphatic hydroxyl groups is 1. The van der Waals surface area contributed by atoms with Crippen LogP contribution in [0.4, 0.5) is 5.69 Å². The van der Waals surface area contributed by atoms with Crippen LogP contribution in [-0.2, 0) is 4.79 Å². The largest absolute Gasteiger partial charge is 0.396 e. The summed E-state index contributed by atoms with van der Waals surface area (Å²) in [4.78, 5) is 22.9. The first kappa shape index (κ1) is 13.4. The first-order chi connectivity index (χ1) is 8.08. The van der Waals surface area contributed by atoms with E-state index in [9.17, 15) is 9.59 Å². The molecule has 0 aliphatic carbocycles. The number of Topliss-reactive ketones (excluding diaryl/α,β-unsaturated/α-hetero) is 1. The predicted octanol–water partition coefficient (Wildman–Crippen LogP) is 1.85. The standard InChI is InChI=1S/C13H17NO3/c1-3-10(8-15)13(17)14-12-6-4-5-11(7-12)9(2)16/h4-7,10,15H,3,8H2,1-2H3,(H,14,17). The maximum atomic E-state index is 11.7. The molecule has 0 aromatic heterocycles. The van der Waals surface area contributed by atoms with Gasteiger partial charge in [0.1, 0.15) is 0 Å². The Kier molecular flexibility index (Phi) is 4.84. The van der Waals surface area contributed by atoms with Crippen LogP contribution in [0.3, 0.4) is 0 Å². The molecule has 0 bridgehead atoms. The van der Waals surface area contributed by atoms with Crippen LogP contribution in [0.5, 0.6) is 0 Å². The lowest BCUT2D eigenvalue weighted by molar-refractivity contribution is -0.121. The van der Waals surface area contributed by atoms with E-state index in [1.54, 1.807) is 24.3 Å². The van der Waals surface area contributed by atoms with Crippen molar-refractivity contribution in [2.45, 2.75) is 20.3 Å². The number of carbonyl (C=O) groups excluding carboxylic acids is 2. The molecule has 0 fully saturated rings. The van der Waals surface area contributed by atoms with Gasteiger partial charge in [0.05, 0.1) is 12.5 Å². The fourth-order valence-electron chi connectivity index (χ4n) is 1.46. The third-order valence-electron chi connectivity index (χ3n) is 2.62. The highest BCUT2D eigenvalue weighted by Gasteiger charge is 2.15. The highest BCUT2D eigenvalue weighted by Crippen LogP contribution is 2.13. The van der Waals surface area contributed by atoms with Crippen LogP contribution >= 0.6 is 0 Å². The van der Waals surface area contributed by atoms with E-state index in [0.717, 1.165) is 0 Å². The van der Waals surface area contributed by atoms with Gasteiger partial charge in [0, 0.05) is 11.3 Å². The number of anilines is 1. The van der Waals surface area contributed by atoms with Gasteiger partial charge in [-0.15, -0.1) is 0 Å². The summed E-state index contributed by atoms with van der Waals surface area (Å²) in [7, 11) is 0. The van der Waals surface area contributed by atoms with Crippen molar-refractivity contribution >= 4 is 17.4 Å². The number of hydrogen-bond donors (Lipinski definition) is 2. The molecule has 1 aromatic rings. The molecule has 0 saturated carbocycles. The second-order valence-electron chi connectivity index (χ2n) is 3.91. The van der Waals surface area contributed by atoms with Crippen molar-refractivity contribution in [1.29, 1.82) is 0 Å². The van der Waals surface area contributed by atoms with E-state index in [-0.39, 0.29) is 18.3 Å². The summed E-state index contributed by atoms with van der Waals surface area (Å²) >= 11 is 0. The summed E-state index contributed by atoms with van der Waals surface area (Å²) in [6.45, 7) is 3.14. The molecule has 0 heterocycles. The van der Waals surface area contributed by atoms with Crippen molar-refractivity contribution in [2.24, 2.45) is 5.92 Å². The number of amides is 1. The van der Waals surface area contributed by atoms with Crippen LogP contribution in [-0.4, -0.2) is 23.4 Å². The van der Waals surface area contributed by atoms with Crippen LogP contribution in [0.1, 0.15) is 30.6 Å². The first-order valence-corrected chi connectivity index (χ1v) is 5.61. The van der Waals surface area contributed by atoms with Crippen LogP contribution in [0.2, 0.25) is 0 Å². The Hall–Kier alpha value is -1.68. The van der Waals surface area contributed by atoms with Crippen molar-refractivity contribution in [2.75, 3.05) is 11.9 Å². The molecule has 4 heteroatoms. The van der Waals surface area contributed by atoms with Gasteiger partial charge in [-0.1, -0.05) is 19.1 Å². The normalized spacial score (nSPS) is 11.9. The molecule has 92 valence electrons. The minimum atomic E-state index is -0.406. The molecule has 1 amide bonds. The Morgan fingerprint density at radius 2 is 2.12 bits per heavy atom. The summed E-state index contributed by atoms with van der Waals surface area (Å²) < 4.78 is 0. The van der Waals surface area contributed by atoms with Crippen LogP contribution in [0.25, 0.3) is 0 Å². The van der Waals surface area contributed by atoms with Crippen molar-refractivity contribution in [3.63, 3.8) is 0 Å². The monoisotopic (exact) mass is 235 g/mol. The molecule has 2 N–H and O–H groups in total. The molecule has 1 rings (SSSR count). The minimum absolute atomic E-state index is 0.0460. The highest BCUT2D eigenvalue weighted by molar-refractivity contribution is 5.97. The second kappa shape index (κ2) is 6.15. The Bertz CT molecular complexity index is 411. The number of rotatable bonds is 5. The zero-order valence-corrected chi connectivity index (χ0v) is 10.1. The van der Waals surface area contributed by atoms with Gasteiger partial charge in [-0.2, -0.15) is 0 Å². The van der Waals surface area contributed by atoms with Gasteiger partial charge in [0.15, 0.2) is 5.78 Å². The number of nitrogens with one attached hydrogen (secondary N) is 1. The second-order valence-corrected chi connectivity index (χ2v) is 3.91. The average molecular weight is 235 g/mol. The lowest BCUT2D eigenvalue weighted by Gasteiger charge is -2.12. The van der Waals surface area contributed by atoms with Crippen molar-refractivity contribution in [3.05, 3.63) is 29.8 Å². The van der Waals surface area contributed by atoms with Crippen molar-refractivity contribution < 1.29 is 14.7 Å². The molecule has 0 aliphatic heterocycles. The van der Waals surface area contributed by atoms with E-state index in [2.05, 4.69) is 5.32 Å². The quantitative estimate of drug-likeness (QED) is 0.765. The molecular weight excluding hydrogens is 218 g/mol. The summed E-state index contributed by atoms with van der Waals surface area (Å²) in [6.07, 6.45) is 0.578. The fraction of sp³-hybridized carbons (Fsp3) is 0.385. The summed E-state index contributed by atoms with van der Waals surface area (Å²) in [5, 5.41) is 11.7. The number of ketones is 1. The summed E-state index contributed by atoms with van der Waals surface area (Å²) in [6, 6.07) is 6.76. The Morgan fingerprint density at radius 3 is 2.65 bits per heavy atom. The van der Waals surface area contributed by atoms with Crippen molar-refractivity contribution in [1.82, 2.24) is 0 Å². The molecule has 17 heavy (non-hydrogen) atoms. The molecule has 4 nitrogen and oxygen atoms in total. The third-order valence-corrected chi connectivity index (χ3v) is 2.62. The molecular formula is C13H17NO3.